The highest BCUT2D eigenvalue weighted by Crippen LogP contribution is 2.28. The van der Waals surface area contributed by atoms with E-state index in [1.165, 1.54) is 16.2 Å². The van der Waals surface area contributed by atoms with E-state index in [1.807, 2.05) is 36.4 Å². The van der Waals surface area contributed by atoms with E-state index in [1.54, 1.807) is 37.4 Å². The maximum absolute atomic E-state index is 13.0. The molecule has 3 aromatic rings. The van der Waals surface area contributed by atoms with Crippen LogP contribution >= 0.6 is 22.9 Å². The van der Waals surface area contributed by atoms with Crippen molar-refractivity contribution in [2.45, 2.75) is 12.6 Å². The zero-order valence-corrected chi connectivity index (χ0v) is 21.1. The molecule has 2 amide bonds. The van der Waals surface area contributed by atoms with Gasteiger partial charge in [-0.3, -0.25) is 9.59 Å². The quantitative estimate of drug-likeness (QED) is 0.432. The molecule has 35 heavy (non-hydrogen) atoms. The summed E-state index contributed by atoms with van der Waals surface area (Å²) in [5, 5.41) is 0.565. The smallest absolute Gasteiger partial charge is 0.261 e. The number of thiophene rings is 1. The number of ether oxygens (including phenoxy) is 3. The van der Waals surface area contributed by atoms with Crippen molar-refractivity contribution in [3.8, 4) is 22.1 Å². The highest BCUT2D eigenvalue weighted by atomic mass is 35.5. The Morgan fingerprint density at radius 2 is 1.89 bits per heavy atom. The SMILES string of the molecule is COC[C@@H]1CN(C(=O)COc2ccc(Cl)s2)CC(=O)N1Cc1ccc(-c2ccc(OC)nc2)cc1. The van der Waals surface area contributed by atoms with Gasteiger partial charge in [0.1, 0.15) is 0 Å². The minimum Gasteiger partial charge on any atom is -0.481 e. The standard InChI is InChI=1S/C25H26ClN3O5S/c1-32-15-20-13-28(24(31)16-34-25-10-8-21(26)35-25)14-23(30)29(20)12-17-3-5-18(6-4-17)19-7-9-22(33-2)27-11-19/h3-11,20H,12-16H2,1-2H3/t20-/m0/s1. The highest BCUT2D eigenvalue weighted by Gasteiger charge is 2.34. The van der Waals surface area contributed by atoms with E-state index in [0.717, 1.165) is 16.7 Å². The van der Waals surface area contributed by atoms with Crippen LogP contribution in [0.25, 0.3) is 11.1 Å². The number of hydrogen-bond acceptors (Lipinski definition) is 7. The predicted molar refractivity (Wildman–Crippen MR) is 134 cm³/mol. The molecule has 184 valence electrons. The monoisotopic (exact) mass is 515 g/mol. The summed E-state index contributed by atoms with van der Waals surface area (Å²) in [7, 11) is 3.17. The molecule has 0 aliphatic carbocycles. The van der Waals surface area contributed by atoms with Crippen LogP contribution in [0.2, 0.25) is 4.34 Å². The molecule has 2 aromatic heterocycles. The fraction of sp³-hybridized carbons (Fsp3) is 0.320. The maximum Gasteiger partial charge on any atom is 0.261 e. The lowest BCUT2D eigenvalue weighted by Gasteiger charge is -2.40. The van der Waals surface area contributed by atoms with Crippen molar-refractivity contribution in [2.24, 2.45) is 0 Å². The fourth-order valence-electron chi connectivity index (χ4n) is 3.89. The van der Waals surface area contributed by atoms with E-state index in [2.05, 4.69) is 4.98 Å². The summed E-state index contributed by atoms with van der Waals surface area (Å²) in [4.78, 5) is 33.3. The zero-order chi connectivity index (χ0) is 24.8. The van der Waals surface area contributed by atoms with Crippen molar-refractivity contribution < 1.29 is 23.8 Å². The molecular formula is C25H26ClN3O5S. The topological polar surface area (TPSA) is 81.2 Å². The molecule has 8 nitrogen and oxygen atoms in total. The van der Waals surface area contributed by atoms with Gasteiger partial charge in [0.05, 0.1) is 30.6 Å². The van der Waals surface area contributed by atoms with Gasteiger partial charge < -0.3 is 24.0 Å². The number of nitrogens with zero attached hydrogens (tertiary/aromatic N) is 3. The van der Waals surface area contributed by atoms with E-state index >= 15 is 0 Å². The second kappa shape index (κ2) is 11.5. The molecule has 1 aliphatic heterocycles. The van der Waals surface area contributed by atoms with Gasteiger partial charge in [-0.2, -0.15) is 0 Å². The van der Waals surface area contributed by atoms with E-state index in [4.69, 9.17) is 25.8 Å². The van der Waals surface area contributed by atoms with Crippen LogP contribution in [0.1, 0.15) is 5.56 Å². The van der Waals surface area contributed by atoms with Crippen LogP contribution in [0.4, 0.5) is 0 Å². The molecule has 4 rings (SSSR count). The average molecular weight is 516 g/mol. The van der Waals surface area contributed by atoms with E-state index in [-0.39, 0.29) is 31.0 Å². The summed E-state index contributed by atoms with van der Waals surface area (Å²) < 4.78 is 16.6. The Hall–Kier alpha value is -3.14. The van der Waals surface area contributed by atoms with Crippen LogP contribution < -0.4 is 9.47 Å². The molecule has 3 heterocycles. The molecule has 1 aliphatic rings. The van der Waals surface area contributed by atoms with E-state index in [9.17, 15) is 9.59 Å². The molecule has 1 saturated heterocycles. The summed E-state index contributed by atoms with van der Waals surface area (Å²) in [5.41, 5.74) is 2.98. The third-order valence-corrected chi connectivity index (χ3v) is 6.85. The zero-order valence-electron chi connectivity index (χ0n) is 19.5. The van der Waals surface area contributed by atoms with Crippen molar-refractivity contribution in [3.05, 3.63) is 64.6 Å². The predicted octanol–water partition coefficient (Wildman–Crippen LogP) is 3.74. The Balaban J connectivity index is 1.39. The molecule has 0 N–H and O–H groups in total. The van der Waals surface area contributed by atoms with Crippen molar-refractivity contribution in [3.63, 3.8) is 0 Å². The van der Waals surface area contributed by atoms with Crippen molar-refractivity contribution in [2.75, 3.05) is 40.5 Å². The summed E-state index contributed by atoms with van der Waals surface area (Å²) in [5.74, 6) is 0.184. The summed E-state index contributed by atoms with van der Waals surface area (Å²) >= 11 is 7.16. The Morgan fingerprint density at radius 3 is 2.51 bits per heavy atom. The van der Waals surface area contributed by atoms with Gasteiger partial charge in [0, 0.05) is 38.0 Å². The first-order valence-electron chi connectivity index (χ1n) is 11.0. The maximum atomic E-state index is 13.0. The number of pyridine rings is 1. The van der Waals surface area contributed by atoms with Gasteiger partial charge in [-0.05, 0) is 29.3 Å². The normalized spacial score (nSPS) is 15.9. The molecule has 0 spiro atoms. The van der Waals surface area contributed by atoms with Crippen molar-refractivity contribution in [1.82, 2.24) is 14.8 Å². The van der Waals surface area contributed by atoms with Crippen LogP contribution in [0.15, 0.2) is 54.7 Å². The molecule has 0 saturated carbocycles. The first kappa shape index (κ1) is 25.0. The van der Waals surface area contributed by atoms with Crippen molar-refractivity contribution in [1.29, 1.82) is 0 Å². The van der Waals surface area contributed by atoms with Crippen molar-refractivity contribution >= 4 is 34.8 Å². The molecule has 1 aromatic carbocycles. The van der Waals surface area contributed by atoms with Crippen LogP contribution in [0.3, 0.4) is 0 Å². The number of aromatic nitrogens is 1. The van der Waals surface area contributed by atoms with Gasteiger partial charge in [-0.1, -0.05) is 47.2 Å². The lowest BCUT2D eigenvalue weighted by molar-refractivity contribution is -0.151. The number of hydrogen-bond donors (Lipinski definition) is 0. The third kappa shape index (κ3) is 6.30. The Morgan fingerprint density at radius 1 is 1.11 bits per heavy atom. The number of amides is 2. The van der Waals surface area contributed by atoms with Crippen LogP contribution in [0, 0.1) is 0 Å². The fourth-order valence-corrected chi connectivity index (χ4v) is 4.76. The first-order valence-corrected chi connectivity index (χ1v) is 12.2. The lowest BCUT2D eigenvalue weighted by Crippen LogP contribution is -2.59. The molecule has 1 atom stereocenters. The molecule has 0 bridgehead atoms. The number of piperazine rings is 1. The second-order valence-electron chi connectivity index (χ2n) is 8.04. The van der Waals surface area contributed by atoms with Crippen LogP contribution in [-0.4, -0.2) is 73.2 Å². The number of halogens is 1. The van der Waals surface area contributed by atoms with Gasteiger partial charge in [0.2, 0.25) is 11.8 Å². The van der Waals surface area contributed by atoms with Gasteiger partial charge in [0.15, 0.2) is 11.7 Å². The molecule has 0 unspecified atom stereocenters. The minimum absolute atomic E-state index is 0.00318. The van der Waals surface area contributed by atoms with E-state index < -0.39 is 0 Å². The molecular weight excluding hydrogens is 490 g/mol. The van der Waals surface area contributed by atoms with E-state index in [0.29, 0.717) is 35.0 Å². The number of rotatable bonds is 9. The van der Waals surface area contributed by atoms with Gasteiger partial charge in [-0.25, -0.2) is 4.98 Å². The first-order chi connectivity index (χ1) is 17.0. The van der Waals surface area contributed by atoms with Gasteiger partial charge in [-0.15, -0.1) is 0 Å². The second-order valence-corrected chi connectivity index (χ2v) is 9.72. The number of methoxy groups -OCH3 is 2. The molecule has 1 fully saturated rings. The summed E-state index contributed by atoms with van der Waals surface area (Å²) in [6, 6.07) is 14.9. The Kier molecular flexibility index (Phi) is 8.22. The van der Waals surface area contributed by atoms with Crippen LogP contribution in [-0.2, 0) is 20.9 Å². The van der Waals surface area contributed by atoms with Gasteiger partial charge >= 0.3 is 0 Å². The molecule has 0 radical (unpaired) electrons. The largest absolute Gasteiger partial charge is 0.481 e. The van der Waals surface area contributed by atoms with Gasteiger partial charge in [0.25, 0.3) is 5.91 Å². The Labute approximate surface area is 213 Å². The minimum atomic E-state index is -0.258. The Bertz CT molecular complexity index is 1150. The highest BCUT2D eigenvalue weighted by molar-refractivity contribution is 7.17. The van der Waals surface area contributed by atoms with Crippen LogP contribution in [0.5, 0.6) is 10.9 Å². The third-order valence-electron chi connectivity index (χ3n) is 5.70. The molecule has 10 heteroatoms. The number of benzene rings is 1. The lowest BCUT2D eigenvalue weighted by atomic mass is 10.0. The summed E-state index contributed by atoms with van der Waals surface area (Å²) in [6.45, 7) is 0.990. The number of carbonyl (C=O) groups is 2. The average Bonchev–Trinajstić information content (AvgIpc) is 3.30. The number of carbonyl (C=O) groups excluding carboxylic acids is 2. The summed E-state index contributed by atoms with van der Waals surface area (Å²) in [6.07, 6.45) is 1.76.